The highest BCUT2D eigenvalue weighted by molar-refractivity contribution is 7.08. The van der Waals surface area contributed by atoms with E-state index in [-0.39, 0.29) is 0 Å². The standard InChI is InChI=1S/C9H13N5S/c1-6(2)8-12-9(15-13-8)14-4-3-11-7(14)5-10/h3-4,6H,5,10H2,1-2H3. The third kappa shape index (κ3) is 1.91. The van der Waals surface area contributed by atoms with Gasteiger partial charge in [-0.2, -0.15) is 4.37 Å². The molecule has 2 aromatic rings. The molecule has 2 rings (SSSR count). The van der Waals surface area contributed by atoms with Crippen LogP contribution in [0.1, 0.15) is 31.4 Å². The molecule has 0 aliphatic rings. The normalized spacial score (nSPS) is 11.2. The van der Waals surface area contributed by atoms with Gasteiger partial charge >= 0.3 is 0 Å². The van der Waals surface area contributed by atoms with Crippen LogP contribution in [-0.4, -0.2) is 18.9 Å². The van der Waals surface area contributed by atoms with Crippen LogP contribution in [0.4, 0.5) is 0 Å². The third-order valence-electron chi connectivity index (χ3n) is 2.05. The molecule has 2 heterocycles. The van der Waals surface area contributed by atoms with Gasteiger partial charge in [0.2, 0.25) is 5.13 Å². The smallest absolute Gasteiger partial charge is 0.214 e. The second-order valence-electron chi connectivity index (χ2n) is 3.51. The molecule has 0 aliphatic heterocycles. The van der Waals surface area contributed by atoms with Gasteiger partial charge in [0, 0.05) is 29.8 Å². The van der Waals surface area contributed by atoms with Crippen molar-refractivity contribution in [3.05, 3.63) is 24.0 Å². The lowest BCUT2D eigenvalue weighted by atomic mass is 10.2. The third-order valence-corrected chi connectivity index (χ3v) is 2.78. The molecular formula is C9H13N5S. The Morgan fingerprint density at radius 2 is 2.33 bits per heavy atom. The van der Waals surface area contributed by atoms with E-state index < -0.39 is 0 Å². The first-order valence-corrected chi connectivity index (χ1v) is 5.56. The monoisotopic (exact) mass is 223 g/mol. The Kier molecular flexibility index (Phi) is 2.79. The molecule has 0 amide bonds. The molecule has 2 N–H and O–H groups in total. The van der Waals surface area contributed by atoms with Crippen LogP contribution < -0.4 is 5.73 Å². The van der Waals surface area contributed by atoms with Crippen molar-refractivity contribution in [2.45, 2.75) is 26.3 Å². The molecule has 0 radical (unpaired) electrons. The minimum absolute atomic E-state index is 0.347. The van der Waals surface area contributed by atoms with Crippen molar-refractivity contribution >= 4 is 11.5 Å². The molecule has 0 spiro atoms. The second-order valence-corrected chi connectivity index (χ2v) is 4.24. The molecule has 0 bridgehead atoms. The molecule has 5 nitrogen and oxygen atoms in total. The highest BCUT2D eigenvalue weighted by Gasteiger charge is 2.11. The summed E-state index contributed by atoms with van der Waals surface area (Å²) < 4.78 is 6.17. The molecule has 0 aliphatic carbocycles. The number of nitrogens with two attached hydrogens (primary N) is 1. The summed E-state index contributed by atoms with van der Waals surface area (Å²) in [6.07, 6.45) is 3.57. The van der Waals surface area contributed by atoms with Gasteiger partial charge in [0.25, 0.3) is 0 Å². The van der Waals surface area contributed by atoms with E-state index in [0.29, 0.717) is 12.5 Å². The fourth-order valence-electron chi connectivity index (χ4n) is 1.22. The number of imidazole rings is 1. The van der Waals surface area contributed by atoms with E-state index in [1.807, 2.05) is 10.8 Å². The maximum absolute atomic E-state index is 5.57. The summed E-state index contributed by atoms with van der Waals surface area (Å²) >= 11 is 1.37. The average Bonchev–Trinajstić information content (AvgIpc) is 2.85. The summed E-state index contributed by atoms with van der Waals surface area (Å²) in [7, 11) is 0. The highest BCUT2D eigenvalue weighted by atomic mass is 32.1. The second kappa shape index (κ2) is 4.08. The summed E-state index contributed by atoms with van der Waals surface area (Å²) in [5.41, 5.74) is 5.57. The van der Waals surface area contributed by atoms with Gasteiger partial charge < -0.3 is 5.73 Å². The minimum atomic E-state index is 0.347. The van der Waals surface area contributed by atoms with Gasteiger partial charge in [0.15, 0.2) is 0 Å². The number of hydrogen-bond donors (Lipinski definition) is 1. The molecule has 0 aromatic carbocycles. The van der Waals surface area contributed by atoms with Crippen LogP contribution in [0, 0.1) is 0 Å². The molecule has 6 heteroatoms. The number of nitrogens with zero attached hydrogens (tertiary/aromatic N) is 4. The molecule has 15 heavy (non-hydrogen) atoms. The fraction of sp³-hybridized carbons (Fsp3) is 0.444. The van der Waals surface area contributed by atoms with Gasteiger partial charge in [0.05, 0.1) is 6.54 Å². The van der Waals surface area contributed by atoms with E-state index in [2.05, 4.69) is 28.2 Å². The van der Waals surface area contributed by atoms with Crippen LogP contribution in [0.25, 0.3) is 5.13 Å². The molecule has 0 atom stereocenters. The Hall–Kier alpha value is -1.27. The van der Waals surface area contributed by atoms with E-state index in [4.69, 9.17) is 5.73 Å². The molecule has 80 valence electrons. The zero-order valence-corrected chi connectivity index (χ0v) is 9.53. The van der Waals surface area contributed by atoms with Crippen LogP contribution in [0.15, 0.2) is 12.4 Å². The SMILES string of the molecule is CC(C)c1nsc(-n2ccnc2CN)n1. The van der Waals surface area contributed by atoms with E-state index in [9.17, 15) is 0 Å². The van der Waals surface area contributed by atoms with Crippen molar-refractivity contribution in [3.63, 3.8) is 0 Å². The molecule has 0 saturated heterocycles. The van der Waals surface area contributed by atoms with Crippen molar-refractivity contribution in [1.82, 2.24) is 18.9 Å². The van der Waals surface area contributed by atoms with Crippen molar-refractivity contribution < 1.29 is 0 Å². The van der Waals surface area contributed by atoms with E-state index in [0.717, 1.165) is 16.8 Å². The number of hydrogen-bond acceptors (Lipinski definition) is 5. The van der Waals surface area contributed by atoms with E-state index >= 15 is 0 Å². The average molecular weight is 223 g/mol. The molecular weight excluding hydrogens is 210 g/mol. The predicted octanol–water partition coefficient (Wildman–Crippen LogP) is 1.31. The Morgan fingerprint density at radius 1 is 1.53 bits per heavy atom. The van der Waals surface area contributed by atoms with Crippen molar-refractivity contribution in [2.75, 3.05) is 0 Å². The van der Waals surface area contributed by atoms with Crippen molar-refractivity contribution in [2.24, 2.45) is 5.73 Å². The Balaban J connectivity index is 2.37. The van der Waals surface area contributed by atoms with Gasteiger partial charge in [-0.05, 0) is 0 Å². The van der Waals surface area contributed by atoms with E-state index in [1.165, 1.54) is 11.5 Å². The van der Waals surface area contributed by atoms with Gasteiger partial charge in [-0.25, -0.2) is 9.97 Å². The maximum atomic E-state index is 5.57. The molecule has 0 unspecified atom stereocenters. The zero-order chi connectivity index (χ0) is 10.8. The lowest BCUT2D eigenvalue weighted by Crippen LogP contribution is -2.06. The van der Waals surface area contributed by atoms with Crippen LogP contribution in [0.2, 0.25) is 0 Å². The Bertz CT molecular complexity index is 445. The van der Waals surface area contributed by atoms with Gasteiger partial charge in [0.1, 0.15) is 11.6 Å². The van der Waals surface area contributed by atoms with Gasteiger partial charge in [-0.3, -0.25) is 4.57 Å². The maximum Gasteiger partial charge on any atom is 0.214 e. The summed E-state index contributed by atoms with van der Waals surface area (Å²) in [5.74, 6) is 2.02. The Morgan fingerprint density at radius 3 is 2.93 bits per heavy atom. The van der Waals surface area contributed by atoms with Crippen LogP contribution in [0.3, 0.4) is 0 Å². The first-order chi connectivity index (χ1) is 7.22. The highest BCUT2D eigenvalue weighted by Crippen LogP contribution is 2.17. The largest absolute Gasteiger partial charge is 0.324 e. The summed E-state index contributed by atoms with van der Waals surface area (Å²) in [5, 5.41) is 0.830. The predicted molar refractivity (Wildman–Crippen MR) is 59.0 cm³/mol. The first kappa shape index (κ1) is 10.3. The summed E-state index contributed by atoms with van der Waals surface area (Å²) in [6, 6.07) is 0. The zero-order valence-electron chi connectivity index (χ0n) is 8.71. The van der Waals surface area contributed by atoms with Crippen molar-refractivity contribution in [3.8, 4) is 5.13 Å². The van der Waals surface area contributed by atoms with Crippen LogP contribution in [0.5, 0.6) is 0 Å². The van der Waals surface area contributed by atoms with Gasteiger partial charge in [-0.1, -0.05) is 13.8 Å². The van der Waals surface area contributed by atoms with Crippen LogP contribution in [-0.2, 0) is 6.54 Å². The fourth-order valence-corrected chi connectivity index (χ4v) is 2.03. The molecule has 2 aromatic heterocycles. The van der Waals surface area contributed by atoms with Gasteiger partial charge in [-0.15, -0.1) is 0 Å². The lowest BCUT2D eigenvalue weighted by Gasteiger charge is -2.00. The quantitative estimate of drug-likeness (QED) is 0.851. The summed E-state index contributed by atoms with van der Waals surface area (Å²) in [6.45, 7) is 4.55. The van der Waals surface area contributed by atoms with E-state index in [1.54, 1.807) is 6.20 Å². The molecule has 0 saturated carbocycles. The number of rotatable bonds is 3. The topological polar surface area (TPSA) is 69.6 Å². The minimum Gasteiger partial charge on any atom is -0.324 e. The number of aromatic nitrogens is 4. The molecule has 0 fully saturated rings. The van der Waals surface area contributed by atoms with Crippen molar-refractivity contribution in [1.29, 1.82) is 0 Å². The summed E-state index contributed by atoms with van der Waals surface area (Å²) in [4.78, 5) is 8.58. The Labute approximate surface area is 92.1 Å². The lowest BCUT2D eigenvalue weighted by molar-refractivity contribution is 0.785. The first-order valence-electron chi connectivity index (χ1n) is 4.78. The van der Waals surface area contributed by atoms with Crippen LogP contribution >= 0.6 is 11.5 Å².